The first-order valence-corrected chi connectivity index (χ1v) is 18.3. The summed E-state index contributed by atoms with van der Waals surface area (Å²) in [6, 6.07) is 20.4. The second kappa shape index (κ2) is 15.1. The van der Waals surface area contributed by atoms with Crippen molar-refractivity contribution in [1.29, 1.82) is 0 Å². The molecule has 1 unspecified atom stereocenters. The fourth-order valence-corrected chi connectivity index (χ4v) is 7.47. The molecule has 270 valence electrons. The lowest BCUT2D eigenvalue weighted by molar-refractivity contribution is -0.136. The summed E-state index contributed by atoms with van der Waals surface area (Å²) in [5.41, 5.74) is 3.29. The monoisotopic (exact) mass is 723 g/mol. The van der Waals surface area contributed by atoms with Crippen LogP contribution in [0.2, 0.25) is 0 Å². The molecule has 4 heterocycles. The summed E-state index contributed by atoms with van der Waals surface area (Å²) in [6.07, 6.45) is 2.80. The van der Waals surface area contributed by atoms with E-state index in [0.717, 1.165) is 58.3 Å². The van der Waals surface area contributed by atoms with Gasteiger partial charge in [0.2, 0.25) is 11.8 Å². The molecule has 0 saturated carbocycles. The van der Waals surface area contributed by atoms with Crippen molar-refractivity contribution in [3.63, 3.8) is 0 Å². The van der Waals surface area contributed by atoms with Gasteiger partial charge in [-0.3, -0.25) is 29.4 Å². The largest absolute Gasteiger partial charge is 0.494 e. The predicted molar refractivity (Wildman–Crippen MR) is 196 cm³/mol. The van der Waals surface area contributed by atoms with Gasteiger partial charge in [0, 0.05) is 43.4 Å². The van der Waals surface area contributed by atoms with Gasteiger partial charge in [0.05, 0.1) is 35.8 Å². The lowest BCUT2D eigenvalue weighted by Crippen LogP contribution is -2.54. The molecule has 3 aromatic carbocycles. The van der Waals surface area contributed by atoms with Gasteiger partial charge in [-0.1, -0.05) is 49.4 Å². The van der Waals surface area contributed by atoms with Crippen molar-refractivity contribution in [2.24, 2.45) is 0 Å². The Balaban J connectivity index is 0.858. The van der Waals surface area contributed by atoms with E-state index < -0.39 is 29.7 Å². The third-order valence-corrected chi connectivity index (χ3v) is 10.7. The molecule has 2 saturated heterocycles. The van der Waals surface area contributed by atoms with E-state index in [1.165, 1.54) is 5.56 Å². The quantitative estimate of drug-likeness (QED) is 0.140. The Hall–Kier alpha value is -5.27. The Morgan fingerprint density at radius 2 is 1.58 bits per heavy atom. The minimum absolute atomic E-state index is 0.0822. The maximum atomic E-state index is 13.1. The van der Waals surface area contributed by atoms with E-state index in [2.05, 4.69) is 58.6 Å². The zero-order chi connectivity index (χ0) is 36.2. The summed E-state index contributed by atoms with van der Waals surface area (Å²) in [7, 11) is 0. The molecule has 2 N–H and O–H groups in total. The fourth-order valence-electron chi connectivity index (χ4n) is 6.60. The van der Waals surface area contributed by atoms with Crippen LogP contribution in [0, 0.1) is 0 Å². The Kier molecular flexibility index (Phi) is 10.2. The Morgan fingerprint density at radius 3 is 2.27 bits per heavy atom. The zero-order valence-electron chi connectivity index (χ0n) is 29.2. The second-order valence-electron chi connectivity index (χ2n) is 13.5. The topological polar surface area (TPSA) is 139 Å². The van der Waals surface area contributed by atoms with Crippen molar-refractivity contribution < 1.29 is 33.4 Å². The lowest BCUT2D eigenvalue weighted by Gasteiger charge is -2.27. The number of ether oxygens (including phenoxy) is 3. The van der Waals surface area contributed by atoms with Crippen molar-refractivity contribution in [2.75, 3.05) is 49.7 Å². The highest BCUT2D eigenvalue weighted by Crippen LogP contribution is 2.34. The molecule has 0 aliphatic carbocycles. The standard InChI is InChI=1S/C39H41N5O7S/c1-39(2,26-6-11-29(12-7-26)51-24-30-23-41-38(52-30)43-17-20-49-21-18-43)25-4-9-28(10-5-25)50-19-3-16-40-27-8-13-31-32(22-27)37(48)44(36(31)47)33-14-15-34(45)42-35(33)46/h4-13,22-23,33,40H,3,14-21,24H2,1-2H3,(H,42,45,46). The molecule has 7 rings (SSSR count). The Labute approximate surface area is 306 Å². The van der Waals surface area contributed by atoms with Gasteiger partial charge < -0.3 is 24.4 Å². The summed E-state index contributed by atoms with van der Waals surface area (Å²) in [5.74, 6) is -0.482. The molecule has 52 heavy (non-hydrogen) atoms. The van der Waals surface area contributed by atoms with E-state index in [0.29, 0.717) is 31.9 Å². The molecule has 1 atom stereocenters. The first-order valence-electron chi connectivity index (χ1n) is 17.5. The third kappa shape index (κ3) is 7.51. The van der Waals surface area contributed by atoms with Crippen LogP contribution in [-0.2, 0) is 26.3 Å². The first-order chi connectivity index (χ1) is 25.2. The van der Waals surface area contributed by atoms with Crippen molar-refractivity contribution in [2.45, 2.75) is 51.2 Å². The molecule has 13 heteroatoms. The van der Waals surface area contributed by atoms with Crippen LogP contribution in [0.25, 0.3) is 0 Å². The van der Waals surface area contributed by atoms with Crippen LogP contribution < -0.4 is 25.0 Å². The summed E-state index contributed by atoms with van der Waals surface area (Å²) >= 11 is 1.66. The van der Waals surface area contributed by atoms with Crippen LogP contribution in [0.3, 0.4) is 0 Å². The van der Waals surface area contributed by atoms with Gasteiger partial charge in [-0.05, 0) is 66.4 Å². The number of morpholine rings is 1. The Bertz CT molecular complexity index is 1950. The van der Waals surface area contributed by atoms with Crippen LogP contribution in [0.1, 0.15) is 69.8 Å². The molecule has 3 aliphatic rings. The van der Waals surface area contributed by atoms with Gasteiger partial charge in [0.1, 0.15) is 24.1 Å². The van der Waals surface area contributed by atoms with Crippen LogP contribution in [0.4, 0.5) is 10.8 Å². The number of carbonyl (C=O) groups is 4. The average Bonchev–Trinajstić information content (AvgIpc) is 3.73. The number of hydrogen-bond acceptors (Lipinski definition) is 11. The number of aromatic nitrogens is 1. The van der Waals surface area contributed by atoms with Gasteiger partial charge >= 0.3 is 0 Å². The fraction of sp³-hybridized carbons (Fsp3) is 0.359. The average molecular weight is 724 g/mol. The van der Waals surface area contributed by atoms with Crippen LogP contribution in [-0.4, -0.2) is 79.0 Å². The highest BCUT2D eigenvalue weighted by molar-refractivity contribution is 7.15. The molecule has 1 aromatic heterocycles. The maximum Gasteiger partial charge on any atom is 0.262 e. The number of nitrogens with one attached hydrogen (secondary N) is 2. The van der Waals surface area contributed by atoms with E-state index in [9.17, 15) is 19.2 Å². The van der Waals surface area contributed by atoms with E-state index in [1.54, 1.807) is 29.5 Å². The number of piperidine rings is 1. The Morgan fingerprint density at radius 1 is 0.904 bits per heavy atom. The molecular formula is C39H41N5O7S. The van der Waals surface area contributed by atoms with Crippen LogP contribution in [0.5, 0.6) is 11.5 Å². The maximum absolute atomic E-state index is 13.1. The van der Waals surface area contributed by atoms with Gasteiger partial charge in [0.15, 0.2) is 5.13 Å². The van der Waals surface area contributed by atoms with Gasteiger partial charge in [0.25, 0.3) is 11.8 Å². The number of carbonyl (C=O) groups excluding carboxylic acids is 4. The van der Waals surface area contributed by atoms with Gasteiger partial charge in [-0.15, -0.1) is 0 Å². The summed E-state index contributed by atoms with van der Waals surface area (Å²) < 4.78 is 17.5. The van der Waals surface area contributed by atoms with Crippen molar-refractivity contribution in [1.82, 2.24) is 15.2 Å². The number of benzene rings is 3. The number of imide groups is 2. The second-order valence-corrected chi connectivity index (χ2v) is 14.6. The number of rotatable bonds is 13. The number of hydrogen-bond donors (Lipinski definition) is 2. The van der Waals surface area contributed by atoms with Gasteiger partial charge in [-0.25, -0.2) is 4.98 Å². The number of fused-ring (bicyclic) bond motifs is 1. The predicted octanol–water partition coefficient (Wildman–Crippen LogP) is 5.17. The normalized spacial score (nSPS) is 17.6. The summed E-state index contributed by atoms with van der Waals surface area (Å²) in [4.78, 5) is 58.7. The van der Waals surface area contributed by atoms with Gasteiger partial charge in [-0.2, -0.15) is 0 Å². The van der Waals surface area contributed by atoms with Crippen LogP contribution in [0.15, 0.2) is 72.9 Å². The lowest BCUT2D eigenvalue weighted by atomic mass is 9.78. The highest BCUT2D eigenvalue weighted by Gasteiger charge is 2.44. The first kappa shape index (κ1) is 35.1. The molecule has 4 amide bonds. The van der Waals surface area contributed by atoms with E-state index in [4.69, 9.17) is 14.2 Å². The molecule has 0 bridgehead atoms. The molecule has 0 radical (unpaired) electrons. The molecule has 4 aromatic rings. The molecule has 0 spiro atoms. The minimum Gasteiger partial charge on any atom is -0.494 e. The SMILES string of the molecule is CC(C)(c1ccc(OCCCNc2ccc3c(c2)C(=O)N(C2CCC(=O)NC2=O)C3=O)cc1)c1ccc(OCc2cnc(N3CCOCC3)s2)cc1. The molecular weight excluding hydrogens is 683 g/mol. The number of thiazole rings is 1. The summed E-state index contributed by atoms with van der Waals surface area (Å²) in [6.45, 7) is 9.15. The van der Waals surface area contributed by atoms with Crippen LogP contribution >= 0.6 is 11.3 Å². The van der Waals surface area contributed by atoms with Crippen molar-refractivity contribution in [3.05, 3.63) is 100 Å². The third-order valence-electron chi connectivity index (χ3n) is 9.71. The minimum atomic E-state index is -0.985. The molecule has 3 aliphatic heterocycles. The van der Waals surface area contributed by atoms with E-state index >= 15 is 0 Å². The van der Waals surface area contributed by atoms with E-state index in [-0.39, 0.29) is 29.4 Å². The molecule has 2 fully saturated rings. The highest BCUT2D eigenvalue weighted by atomic mass is 32.1. The van der Waals surface area contributed by atoms with Crippen molar-refractivity contribution >= 4 is 45.8 Å². The number of amides is 4. The summed E-state index contributed by atoms with van der Waals surface area (Å²) in [5, 5.41) is 6.51. The van der Waals surface area contributed by atoms with E-state index in [1.807, 2.05) is 30.5 Å². The zero-order valence-corrected chi connectivity index (χ0v) is 30.0. The smallest absolute Gasteiger partial charge is 0.262 e. The number of nitrogens with zero attached hydrogens (tertiary/aromatic N) is 3. The molecule has 12 nitrogen and oxygen atoms in total. The number of anilines is 2. The van der Waals surface area contributed by atoms with Crippen molar-refractivity contribution in [3.8, 4) is 11.5 Å².